The van der Waals surface area contributed by atoms with Crippen LogP contribution < -0.4 is 5.32 Å². The molecular weight excluding hydrogens is 473 g/mol. The van der Waals surface area contributed by atoms with Crippen molar-refractivity contribution in [3.63, 3.8) is 0 Å². The lowest BCUT2D eigenvalue weighted by Gasteiger charge is -2.30. The number of nitrogens with one attached hydrogen (secondary N) is 1. The van der Waals surface area contributed by atoms with E-state index in [-0.39, 0.29) is 18.0 Å². The molecule has 0 saturated carbocycles. The lowest BCUT2D eigenvalue weighted by molar-refractivity contribution is -0.143. The van der Waals surface area contributed by atoms with Crippen LogP contribution in [0.4, 0.5) is 10.2 Å². The van der Waals surface area contributed by atoms with Gasteiger partial charge in [-0.2, -0.15) is 0 Å². The number of carboxylic acids is 1. The normalized spacial score (nSPS) is 22.8. The van der Waals surface area contributed by atoms with Crippen molar-refractivity contribution in [2.45, 2.75) is 76.0 Å². The van der Waals surface area contributed by atoms with Crippen LogP contribution in [0.2, 0.25) is 0 Å². The van der Waals surface area contributed by atoms with Gasteiger partial charge in [-0.05, 0) is 92.7 Å². The highest BCUT2D eigenvalue weighted by Gasteiger charge is 2.36. The summed E-state index contributed by atoms with van der Waals surface area (Å²) in [6, 6.07) is 7.93. The average molecular weight is 512 g/mol. The number of fused-ring (bicyclic) bond motifs is 1. The van der Waals surface area contributed by atoms with Crippen molar-refractivity contribution in [3.8, 4) is 0 Å². The smallest absolute Gasteiger partial charge is 0.325 e. The highest BCUT2D eigenvalue weighted by molar-refractivity contribution is 5.76. The molecule has 2 aromatic rings. The summed E-state index contributed by atoms with van der Waals surface area (Å²) >= 11 is 0. The Morgan fingerprint density at radius 2 is 2.14 bits per heavy atom. The highest BCUT2D eigenvalue weighted by atomic mass is 19.1. The first-order valence-electron chi connectivity index (χ1n) is 13.8. The van der Waals surface area contributed by atoms with Gasteiger partial charge in [0, 0.05) is 38.5 Å². The highest BCUT2D eigenvalue weighted by Crippen LogP contribution is 2.36. The first-order chi connectivity index (χ1) is 18.1. The zero-order valence-electron chi connectivity index (χ0n) is 21.5. The number of pyridine rings is 1. The number of rotatable bonds is 10. The van der Waals surface area contributed by atoms with E-state index in [1.807, 2.05) is 4.90 Å². The summed E-state index contributed by atoms with van der Waals surface area (Å²) in [5, 5.41) is 13.6. The van der Waals surface area contributed by atoms with Gasteiger partial charge in [0.25, 0.3) is 0 Å². The van der Waals surface area contributed by atoms with Crippen LogP contribution >= 0.6 is 0 Å². The van der Waals surface area contributed by atoms with E-state index in [1.54, 1.807) is 6.07 Å². The van der Waals surface area contributed by atoms with Crippen molar-refractivity contribution >= 4 is 11.8 Å². The van der Waals surface area contributed by atoms with Gasteiger partial charge in [-0.15, -0.1) is 0 Å². The predicted octanol–water partition coefficient (Wildman–Crippen LogP) is 5.06. The summed E-state index contributed by atoms with van der Waals surface area (Å²) in [6.07, 6.45) is 8.43. The van der Waals surface area contributed by atoms with E-state index >= 15 is 0 Å². The van der Waals surface area contributed by atoms with Gasteiger partial charge in [-0.1, -0.05) is 12.1 Å². The molecule has 0 aliphatic carbocycles. The van der Waals surface area contributed by atoms with Crippen molar-refractivity contribution in [1.29, 1.82) is 0 Å². The molecule has 5 rings (SSSR count). The van der Waals surface area contributed by atoms with E-state index < -0.39 is 12.0 Å². The summed E-state index contributed by atoms with van der Waals surface area (Å²) in [5.41, 5.74) is 3.72. The summed E-state index contributed by atoms with van der Waals surface area (Å²) in [4.78, 5) is 19.1. The Morgan fingerprint density at radius 1 is 1.22 bits per heavy atom. The van der Waals surface area contributed by atoms with E-state index in [0.29, 0.717) is 37.4 Å². The second kappa shape index (κ2) is 12.3. The van der Waals surface area contributed by atoms with Crippen LogP contribution in [-0.4, -0.2) is 59.9 Å². The fourth-order valence-electron chi connectivity index (χ4n) is 5.84. The van der Waals surface area contributed by atoms with E-state index in [0.717, 1.165) is 75.8 Å². The van der Waals surface area contributed by atoms with Crippen LogP contribution in [-0.2, 0) is 27.1 Å². The quantitative estimate of drug-likeness (QED) is 0.432. The number of benzene rings is 1. The monoisotopic (exact) mass is 511 g/mol. The molecule has 200 valence electrons. The van der Waals surface area contributed by atoms with Gasteiger partial charge in [0.05, 0.1) is 12.2 Å². The number of anilines is 1. The largest absolute Gasteiger partial charge is 0.480 e. The Balaban J connectivity index is 1.13. The summed E-state index contributed by atoms with van der Waals surface area (Å²) in [6.45, 7) is 3.46. The Bertz CT molecular complexity index is 1080. The van der Waals surface area contributed by atoms with Gasteiger partial charge >= 0.3 is 5.97 Å². The number of aromatic nitrogens is 1. The second-order valence-corrected chi connectivity index (χ2v) is 10.4. The van der Waals surface area contributed by atoms with Crippen molar-refractivity contribution in [2.75, 3.05) is 38.2 Å². The third kappa shape index (κ3) is 6.48. The molecule has 0 spiro atoms. The maximum atomic E-state index is 14.1. The molecule has 37 heavy (non-hydrogen) atoms. The minimum atomic E-state index is -0.920. The molecule has 2 saturated heterocycles. The minimum absolute atomic E-state index is 0.00254. The number of aryl methyl sites for hydroxylation is 2. The molecule has 2 fully saturated rings. The van der Waals surface area contributed by atoms with E-state index in [4.69, 9.17) is 14.5 Å². The number of carbonyl (C=O) groups is 1. The zero-order valence-corrected chi connectivity index (χ0v) is 21.5. The Labute approximate surface area is 218 Å². The molecule has 0 radical (unpaired) electrons. The van der Waals surface area contributed by atoms with Crippen molar-refractivity contribution in [3.05, 3.63) is 58.5 Å². The maximum absolute atomic E-state index is 14.1. The lowest BCUT2D eigenvalue weighted by atomic mass is 9.92. The third-order valence-electron chi connectivity index (χ3n) is 7.78. The van der Waals surface area contributed by atoms with Crippen LogP contribution in [0, 0.1) is 5.82 Å². The standard InChI is InChI=1S/C29H38FN3O4/c30-21-10-12-24(25(18-21)26-8-2-4-17-37-26)27(29(34)35)33-15-13-23(19-33)36-16-3-1-7-22-11-9-20-6-5-14-31-28(20)32-22/h9-12,18,23,26-27H,1-8,13-17,19H2,(H,31,32)(H,34,35)/t23-,26?,27?/m1/s1. The number of halogens is 1. The van der Waals surface area contributed by atoms with E-state index in [2.05, 4.69) is 17.4 Å². The van der Waals surface area contributed by atoms with Gasteiger partial charge in [0.15, 0.2) is 0 Å². The average Bonchev–Trinajstić information content (AvgIpc) is 3.38. The minimum Gasteiger partial charge on any atom is -0.480 e. The molecule has 3 aliphatic rings. The second-order valence-electron chi connectivity index (χ2n) is 10.4. The molecule has 4 heterocycles. The molecular formula is C29H38FN3O4. The molecule has 0 bridgehead atoms. The molecule has 1 aromatic heterocycles. The number of likely N-dealkylation sites (tertiary alicyclic amines) is 1. The van der Waals surface area contributed by atoms with E-state index in [9.17, 15) is 14.3 Å². The maximum Gasteiger partial charge on any atom is 0.325 e. The number of hydrogen-bond acceptors (Lipinski definition) is 6. The third-order valence-corrected chi connectivity index (χ3v) is 7.78. The molecule has 3 atom stereocenters. The van der Waals surface area contributed by atoms with Crippen LogP contribution in [0.1, 0.15) is 79.5 Å². The van der Waals surface area contributed by atoms with E-state index in [1.165, 1.54) is 17.7 Å². The first-order valence-corrected chi connectivity index (χ1v) is 13.8. The molecule has 0 amide bonds. The number of aliphatic carboxylic acids is 1. The van der Waals surface area contributed by atoms with Crippen molar-refractivity contribution in [2.24, 2.45) is 0 Å². The molecule has 2 unspecified atom stereocenters. The van der Waals surface area contributed by atoms with Gasteiger partial charge in [0.2, 0.25) is 0 Å². The first kappa shape index (κ1) is 26.1. The summed E-state index contributed by atoms with van der Waals surface area (Å²) < 4.78 is 26.2. The van der Waals surface area contributed by atoms with Gasteiger partial charge in [-0.25, -0.2) is 9.37 Å². The Kier molecular flexibility index (Phi) is 8.69. The number of hydrogen-bond donors (Lipinski definition) is 2. The Morgan fingerprint density at radius 3 is 2.97 bits per heavy atom. The summed E-state index contributed by atoms with van der Waals surface area (Å²) in [7, 11) is 0. The fraction of sp³-hybridized carbons (Fsp3) is 0.586. The molecule has 3 aliphatic heterocycles. The summed E-state index contributed by atoms with van der Waals surface area (Å²) in [5.74, 6) is -0.240. The number of unbranched alkanes of at least 4 members (excludes halogenated alkanes) is 1. The lowest BCUT2D eigenvalue weighted by Crippen LogP contribution is -2.34. The molecule has 8 heteroatoms. The SMILES string of the molecule is O=C(O)C(c1ccc(F)cc1C1CCCCO1)N1CC[C@@H](OCCCCc2ccc3c(n2)NCCC3)C1. The molecule has 7 nitrogen and oxygen atoms in total. The number of ether oxygens (including phenoxy) is 2. The molecule has 2 N–H and O–H groups in total. The number of carboxylic acid groups (broad SMARTS) is 1. The Hall–Kier alpha value is -2.55. The van der Waals surface area contributed by atoms with Crippen LogP contribution in [0.25, 0.3) is 0 Å². The fourth-order valence-corrected chi connectivity index (χ4v) is 5.84. The predicted molar refractivity (Wildman–Crippen MR) is 139 cm³/mol. The topological polar surface area (TPSA) is 83.9 Å². The van der Waals surface area contributed by atoms with Gasteiger partial charge < -0.3 is 19.9 Å². The van der Waals surface area contributed by atoms with Gasteiger partial charge in [-0.3, -0.25) is 9.69 Å². The number of nitrogens with zero attached hydrogens (tertiary/aromatic N) is 2. The van der Waals surface area contributed by atoms with Gasteiger partial charge in [0.1, 0.15) is 17.7 Å². The molecule has 1 aromatic carbocycles. The van der Waals surface area contributed by atoms with Crippen LogP contribution in [0.3, 0.4) is 0 Å². The van der Waals surface area contributed by atoms with Crippen LogP contribution in [0.15, 0.2) is 30.3 Å². The van der Waals surface area contributed by atoms with Crippen LogP contribution in [0.5, 0.6) is 0 Å². The van der Waals surface area contributed by atoms with Crippen molar-refractivity contribution < 1.29 is 23.8 Å². The van der Waals surface area contributed by atoms with Crippen molar-refractivity contribution in [1.82, 2.24) is 9.88 Å². The zero-order chi connectivity index (χ0) is 25.6.